The summed E-state index contributed by atoms with van der Waals surface area (Å²) in [5, 5.41) is 14.2. The van der Waals surface area contributed by atoms with Crippen LogP contribution in [0.5, 0.6) is 0 Å². The smallest absolute Gasteiger partial charge is 0.407 e. The second kappa shape index (κ2) is 9.01. The van der Waals surface area contributed by atoms with Gasteiger partial charge in [-0.2, -0.15) is 0 Å². The Hall–Kier alpha value is -4.14. The lowest BCUT2D eigenvalue weighted by Gasteiger charge is -2.14. The minimum atomic E-state index is -0.853. The van der Waals surface area contributed by atoms with Crippen LogP contribution in [-0.4, -0.2) is 41.2 Å². The number of carboxylic acids is 1. The maximum atomic E-state index is 12.4. The number of carboxylic acid groups (broad SMARTS) is 1. The number of aromatic nitrogens is 1. The molecular weight excluding hydrogens is 438 g/mol. The molecule has 3 N–H and O–H groups in total. The number of nitrogens with one attached hydrogen (secondary N) is 2. The molecule has 2 aliphatic carbocycles. The molecule has 1 heterocycles. The average molecular weight is 461 g/mol. The van der Waals surface area contributed by atoms with Crippen molar-refractivity contribution >= 4 is 18.0 Å². The van der Waals surface area contributed by atoms with Crippen LogP contribution in [0.4, 0.5) is 4.79 Å². The Morgan fingerprint density at radius 3 is 2.35 bits per heavy atom. The number of hydrogen-bond donors (Lipinski definition) is 3. The van der Waals surface area contributed by atoms with E-state index in [1.165, 1.54) is 0 Å². The molecule has 2 aliphatic rings. The minimum absolute atomic E-state index is 0.0477. The predicted octanol–water partition coefficient (Wildman–Crippen LogP) is 3.16. The number of aliphatic carboxylic acids is 1. The van der Waals surface area contributed by atoms with Gasteiger partial charge in [0.2, 0.25) is 0 Å². The predicted molar refractivity (Wildman–Crippen MR) is 120 cm³/mol. The van der Waals surface area contributed by atoms with Crippen LogP contribution in [0.2, 0.25) is 0 Å². The van der Waals surface area contributed by atoms with Crippen LogP contribution in [0.25, 0.3) is 11.1 Å². The van der Waals surface area contributed by atoms with Crippen LogP contribution in [0.1, 0.15) is 39.7 Å². The van der Waals surface area contributed by atoms with Crippen LogP contribution in [-0.2, 0) is 16.1 Å². The van der Waals surface area contributed by atoms with E-state index in [0.717, 1.165) is 28.6 Å². The molecule has 0 saturated heterocycles. The molecule has 1 aromatic heterocycles. The number of fused-ring (bicyclic) bond motifs is 3. The number of carbonyl (C=O) groups excluding carboxylic acids is 2. The molecule has 3 aromatic rings. The highest BCUT2D eigenvalue weighted by Gasteiger charge is 2.43. The van der Waals surface area contributed by atoms with Gasteiger partial charge in [0.25, 0.3) is 5.91 Å². The fraction of sp³-hybridized carbons (Fsp3) is 0.280. The van der Waals surface area contributed by atoms with E-state index in [1.807, 2.05) is 36.4 Å². The van der Waals surface area contributed by atoms with Gasteiger partial charge in [0.15, 0.2) is 17.8 Å². The molecule has 0 unspecified atom stereocenters. The lowest BCUT2D eigenvalue weighted by Crippen LogP contribution is -2.29. The summed E-state index contributed by atoms with van der Waals surface area (Å²) in [4.78, 5) is 39.6. The number of hydrogen-bond acceptors (Lipinski definition) is 6. The Balaban J connectivity index is 1.14. The van der Waals surface area contributed by atoms with Crippen LogP contribution in [0, 0.1) is 11.8 Å². The van der Waals surface area contributed by atoms with Gasteiger partial charge in [-0.25, -0.2) is 9.78 Å². The first-order chi connectivity index (χ1) is 16.5. The summed E-state index contributed by atoms with van der Waals surface area (Å²) in [6.07, 6.45) is 1.04. The third kappa shape index (κ3) is 4.24. The van der Waals surface area contributed by atoms with Gasteiger partial charge in [0.1, 0.15) is 6.61 Å². The highest BCUT2D eigenvalue weighted by molar-refractivity contribution is 5.93. The minimum Gasteiger partial charge on any atom is -0.481 e. The fourth-order valence-electron chi connectivity index (χ4n) is 4.47. The van der Waals surface area contributed by atoms with Gasteiger partial charge in [0.05, 0.1) is 12.5 Å². The van der Waals surface area contributed by atoms with E-state index >= 15 is 0 Å². The summed E-state index contributed by atoms with van der Waals surface area (Å²) in [6, 6.07) is 16.1. The fourth-order valence-corrected chi connectivity index (χ4v) is 4.47. The van der Waals surface area contributed by atoms with Gasteiger partial charge in [-0.3, -0.25) is 9.59 Å². The van der Waals surface area contributed by atoms with Crippen molar-refractivity contribution in [3.05, 3.63) is 77.5 Å². The van der Waals surface area contributed by atoms with Crippen LogP contribution in [0.15, 0.2) is 59.3 Å². The molecule has 34 heavy (non-hydrogen) atoms. The number of nitrogens with zero attached hydrogens (tertiary/aromatic N) is 1. The van der Waals surface area contributed by atoms with E-state index in [9.17, 15) is 14.4 Å². The second-order valence-electron chi connectivity index (χ2n) is 8.45. The first kappa shape index (κ1) is 21.7. The second-order valence-corrected chi connectivity index (χ2v) is 8.45. The summed E-state index contributed by atoms with van der Waals surface area (Å²) >= 11 is 0. The van der Waals surface area contributed by atoms with E-state index in [0.29, 0.717) is 6.42 Å². The summed E-state index contributed by atoms with van der Waals surface area (Å²) < 4.78 is 10.7. The van der Waals surface area contributed by atoms with Gasteiger partial charge in [-0.05, 0) is 34.6 Å². The van der Waals surface area contributed by atoms with E-state index in [-0.39, 0.29) is 43.0 Å². The zero-order chi connectivity index (χ0) is 23.7. The molecule has 1 saturated carbocycles. The standard InChI is InChI=1S/C25H23N3O6/c29-23(26-10-14-9-19(14)24(30)31)22-21(34-13-28-22)11-27-25(32)33-12-20-17-7-3-1-5-15(17)16-6-2-4-8-18(16)20/h1-8,13-14,19-20H,9-12H2,(H,26,29)(H,27,32)(H,30,31)/t14-,19-/m1/s1. The molecule has 2 atom stereocenters. The Morgan fingerprint density at radius 2 is 1.71 bits per heavy atom. The van der Waals surface area contributed by atoms with Crippen LogP contribution < -0.4 is 10.6 Å². The molecule has 174 valence electrons. The third-order valence-corrected chi connectivity index (χ3v) is 6.36. The van der Waals surface area contributed by atoms with Crippen molar-refractivity contribution in [3.63, 3.8) is 0 Å². The van der Waals surface area contributed by atoms with Crippen molar-refractivity contribution in [3.8, 4) is 11.1 Å². The van der Waals surface area contributed by atoms with Crippen molar-refractivity contribution in [2.45, 2.75) is 18.9 Å². The van der Waals surface area contributed by atoms with E-state index < -0.39 is 23.9 Å². The molecule has 0 spiro atoms. The first-order valence-corrected chi connectivity index (χ1v) is 11.0. The average Bonchev–Trinajstić information content (AvgIpc) is 3.36. The van der Waals surface area contributed by atoms with Crippen molar-refractivity contribution in [2.24, 2.45) is 11.8 Å². The number of oxazole rings is 1. The molecule has 0 aliphatic heterocycles. The van der Waals surface area contributed by atoms with Crippen molar-refractivity contribution < 1.29 is 28.6 Å². The molecule has 0 radical (unpaired) electrons. The molecule has 9 heteroatoms. The van der Waals surface area contributed by atoms with Gasteiger partial charge in [0, 0.05) is 12.5 Å². The number of alkyl carbamates (subject to hydrolysis) is 1. The molecular formula is C25H23N3O6. The Bertz CT molecular complexity index is 1210. The van der Waals surface area contributed by atoms with Gasteiger partial charge in [-0.15, -0.1) is 0 Å². The summed E-state index contributed by atoms with van der Waals surface area (Å²) in [7, 11) is 0. The lowest BCUT2D eigenvalue weighted by atomic mass is 9.98. The van der Waals surface area contributed by atoms with E-state index in [2.05, 4.69) is 27.8 Å². The number of ether oxygens (including phenoxy) is 1. The summed E-state index contributed by atoms with van der Waals surface area (Å²) in [5.74, 6) is -1.68. The number of benzene rings is 2. The SMILES string of the molecule is O=C(NCc1ocnc1C(=O)NC[C@H]1C[C@H]1C(=O)O)OCC1c2ccccc2-c2ccccc21. The normalized spacial score (nSPS) is 18.0. The summed E-state index contributed by atoms with van der Waals surface area (Å²) in [5.41, 5.74) is 4.57. The van der Waals surface area contributed by atoms with Crippen molar-refractivity contribution in [2.75, 3.05) is 13.2 Å². The molecule has 1 fully saturated rings. The van der Waals surface area contributed by atoms with Crippen LogP contribution in [0.3, 0.4) is 0 Å². The zero-order valence-electron chi connectivity index (χ0n) is 18.2. The Morgan fingerprint density at radius 1 is 1.03 bits per heavy atom. The van der Waals surface area contributed by atoms with Crippen molar-refractivity contribution in [1.82, 2.24) is 15.6 Å². The number of rotatable bonds is 8. The van der Waals surface area contributed by atoms with Crippen LogP contribution >= 0.6 is 0 Å². The lowest BCUT2D eigenvalue weighted by molar-refractivity contribution is -0.138. The molecule has 0 bridgehead atoms. The highest BCUT2D eigenvalue weighted by Crippen LogP contribution is 2.44. The molecule has 5 rings (SSSR count). The summed E-state index contributed by atoms with van der Waals surface area (Å²) in [6.45, 7) is 0.359. The molecule has 2 aromatic carbocycles. The monoisotopic (exact) mass is 461 g/mol. The van der Waals surface area contributed by atoms with Crippen molar-refractivity contribution in [1.29, 1.82) is 0 Å². The Kier molecular flexibility index (Phi) is 5.75. The van der Waals surface area contributed by atoms with Gasteiger partial charge < -0.3 is 24.9 Å². The van der Waals surface area contributed by atoms with Gasteiger partial charge >= 0.3 is 12.1 Å². The number of carbonyl (C=O) groups is 3. The third-order valence-electron chi connectivity index (χ3n) is 6.36. The molecule has 9 nitrogen and oxygen atoms in total. The van der Waals surface area contributed by atoms with Gasteiger partial charge in [-0.1, -0.05) is 48.5 Å². The first-order valence-electron chi connectivity index (χ1n) is 11.0. The Labute approximate surface area is 195 Å². The topological polar surface area (TPSA) is 131 Å². The molecule has 2 amide bonds. The maximum absolute atomic E-state index is 12.4. The largest absolute Gasteiger partial charge is 0.481 e. The van der Waals surface area contributed by atoms with E-state index in [1.54, 1.807) is 0 Å². The highest BCUT2D eigenvalue weighted by atomic mass is 16.5. The maximum Gasteiger partial charge on any atom is 0.407 e. The number of amides is 2. The quantitative estimate of drug-likeness (QED) is 0.470. The van der Waals surface area contributed by atoms with E-state index in [4.69, 9.17) is 14.3 Å². The zero-order valence-corrected chi connectivity index (χ0v) is 18.2.